The van der Waals surface area contributed by atoms with Crippen LogP contribution in [-0.4, -0.2) is 23.3 Å². The second kappa shape index (κ2) is 8.22. The molecule has 3 rings (SSSR count). The van der Waals surface area contributed by atoms with Crippen LogP contribution in [0.5, 0.6) is 5.75 Å². The van der Waals surface area contributed by atoms with E-state index in [0.717, 1.165) is 12.3 Å². The molecule has 4 heteroatoms. The Morgan fingerprint density at radius 1 is 0.964 bits per heavy atom. The molecule has 4 nitrogen and oxygen atoms in total. The monoisotopic (exact) mass is 383 g/mol. The van der Waals surface area contributed by atoms with Gasteiger partial charge < -0.3 is 4.74 Å². The van der Waals surface area contributed by atoms with E-state index >= 15 is 0 Å². The van der Waals surface area contributed by atoms with E-state index in [1.807, 2.05) is 12.1 Å². The van der Waals surface area contributed by atoms with Crippen molar-refractivity contribution in [2.24, 2.45) is 0 Å². The van der Waals surface area contributed by atoms with Crippen LogP contribution in [0.4, 0.5) is 0 Å². The highest BCUT2D eigenvalue weighted by atomic mass is 16.7. The maximum absolute atomic E-state index is 6.50. The molecule has 1 aliphatic rings. The van der Waals surface area contributed by atoms with Crippen LogP contribution in [0.25, 0.3) is 0 Å². The summed E-state index contributed by atoms with van der Waals surface area (Å²) in [4.78, 5) is 6.50. The molecule has 152 valence electrons. The lowest BCUT2D eigenvalue weighted by molar-refractivity contribution is -0.688. The van der Waals surface area contributed by atoms with E-state index in [1.165, 1.54) is 30.4 Å². The van der Waals surface area contributed by atoms with Gasteiger partial charge in [0.1, 0.15) is 11.9 Å². The molecule has 1 atom stereocenters. The van der Waals surface area contributed by atoms with Crippen molar-refractivity contribution in [1.82, 2.24) is 5.06 Å². The van der Waals surface area contributed by atoms with Gasteiger partial charge in [-0.2, -0.15) is 5.06 Å². The maximum Gasteiger partial charge on any atom is 0.173 e. The van der Waals surface area contributed by atoms with Gasteiger partial charge in [-0.1, -0.05) is 0 Å². The molecule has 1 fully saturated rings. The molecular weight excluding hydrogens is 348 g/mol. The van der Waals surface area contributed by atoms with E-state index < -0.39 is 0 Å². The van der Waals surface area contributed by atoms with Gasteiger partial charge in [-0.15, -0.1) is 0 Å². The van der Waals surface area contributed by atoms with Crippen molar-refractivity contribution in [2.45, 2.75) is 77.6 Å². The van der Waals surface area contributed by atoms with Gasteiger partial charge in [0, 0.05) is 28.8 Å². The molecule has 0 spiro atoms. The fourth-order valence-electron chi connectivity index (χ4n) is 4.27. The van der Waals surface area contributed by atoms with Crippen LogP contribution < -0.4 is 9.30 Å². The Hall–Kier alpha value is -1.91. The number of hydrogen-bond acceptors (Lipinski definition) is 3. The lowest BCUT2D eigenvalue weighted by Crippen LogP contribution is -2.58. The largest absolute Gasteiger partial charge is 0.497 e. The molecule has 2 heterocycles. The molecule has 0 saturated carbocycles. The lowest BCUT2D eigenvalue weighted by Gasteiger charge is -2.52. The first-order chi connectivity index (χ1) is 13.2. The average Bonchev–Trinajstić information content (AvgIpc) is 2.65. The normalized spacial score (nSPS) is 19.9. The van der Waals surface area contributed by atoms with Crippen LogP contribution in [0.3, 0.4) is 0 Å². The summed E-state index contributed by atoms with van der Waals surface area (Å²) in [6.45, 7) is 12.1. The molecule has 0 bridgehead atoms. The fraction of sp³-hybridized carbons (Fsp3) is 0.542. The summed E-state index contributed by atoms with van der Waals surface area (Å²) in [6, 6.07) is 12.5. The van der Waals surface area contributed by atoms with Crippen molar-refractivity contribution in [3.05, 3.63) is 59.9 Å². The quantitative estimate of drug-likeness (QED) is 0.652. The van der Waals surface area contributed by atoms with E-state index in [-0.39, 0.29) is 17.2 Å². The molecule has 1 unspecified atom stereocenters. The van der Waals surface area contributed by atoms with Crippen molar-refractivity contribution >= 4 is 0 Å². The van der Waals surface area contributed by atoms with Crippen molar-refractivity contribution in [3.63, 3.8) is 0 Å². The minimum atomic E-state index is 0.0206. The SMILES string of the molecule is COc1ccc(C[n+]2ccc(C(C)ON3C(C)(C)CCCC3(C)C)cc2)cc1. The van der Waals surface area contributed by atoms with Gasteiger partial charge >= 0.3 is 0 Å². The summed E-state index contributed by atoms with van der Waals surface area (Å²) in [5.74, 6) is 0.888. The first kappa shape index (κ1) is 20.8. The van der Waals surface area contributed by atoms with Crippen LogP contribution in [0.2, 0.25) is 0 Å². The van der Waals surface area contributed by atoms with Gasteiger partial charge in [-0.25, -0.2) is 4.57 Å². The molecule has 1 aliphatic heterocycles. The smallest absolute Gasteiger partial charge is 0.173 e. The molecule has 1 aromatic carbocycles. The number of rotatable bonds is 6. The predicted molar refractivity (Wildman–Crippen MR) is 112 cm³/mol. The Balaban J connectivity index is 1.66. The Bertz CT molecular complexity index is 750. The lowest BCUT2D eigenvalue weighted by atomic mass is 9.82. The Kier molecular flexibility index (Phi) is 6.11. The fourth-order valence-corrected chi connectivity index (χ4v) is 4.27. The van der Waals surface area contributed by atoms with Crippen LogP contribution in [0, 0.1) is 0 Å². The molecule has 0 N–H and O–H groups in total. The number of pyridine rings is 1. The van der Waals surface area contributed by atoms with Crippen molar-refractivity contribution in [2.75, 3.05) is 7.11 Å². The van der Waals surface area contributed by atoms with Crippen molar-refractivity contribution in [3.8, 4) is 5.75 Å². The number of benzene rings is 1. The number of ether oxygens (including phenoxy) is 1. The van der Waals surface area contributed by atoms with Crippen LogP contribution in [-0.2, 0) is 11.4 Å². The van der Waals surface area contributed by atoms with E-state index in [1.54, 1.807) is 7.11 Å². The summed E-state index contributed by atoms with van der Waals surface area (Å²) in [5.41, 5.74) is 2.56. The van der Waals surface area contributed by atoms with Gasteiger partial charge in [0.15, 0.2) is 18.9 Å². The molecule has 28 heavy (non-hydrogen) atoms. The van der Waals surface area contributed by atoms with E-state index in [4.69, 9.17) is 9.57 Å². The third-order valence-corrected chi connectivity index (χ3v) is 5.85. The van der Waals surface area contributed by atoms with E-state index in [2.05, 4.69) is 80.9 Å². The molecule has 0 radical (unpaired) electrons. The topological polar surface area (TPSA) is 25.6 Å². The maximum atomic E-state index is 6.50. The molecule has 2 aromatic rings. The molecule has 0 amide bonds. The summed E-state index contributed by atoms with van der Waals surface area (Å²) in [7, 11) is 1.69. The van der Waals surface area contributed by atoms with E-state index in [9.17, 15) is 0 Å². The highest BCUT2D eigenvalue weighted by Crippen LogP contribution is 2.40. The zero-order valence-corrected chi connectivity index (χ0v) is 18.2. The van der Waals surface area contributed by atoms with Crippen LogP contribution in [0.15, 0.2) is 48.8 Å². The Labute approximate surface area is 170 Å². The first-order valence-corrected chi connectivity index (χ1v) is 10.3. The Morgan fingerprint density at radius 2 is 1.54 bits per heavy atom. The molecule has 0 aliphatic carbocycles. The van der Waals surface area contributed by atoms with Gasteiger partial charge in [-0.3, -0.25) is 4.84 Å². The van der Waals surface area contributed by atoms with Crippen LogP contribution >= 0.6 is 0 Å². The van der Waals surface area contributed by atoms with Crippen molar-refractivity contribution in [1.29, 1.82) is 0 Å². The van der Waals surface area contributed by atoms with Crippen molar-refractivity contribution < 1.29 is 14.1 Å². The zero-order valence-electron chi connectivity index (χ0n) is 18.2. The second-order valence-corrected chi connectivity index (χ2v) is 9.17. The van der Waals surface area contributed by atoms with E-state index in [0.29, 0.717) is 0 Å². The Morgan fingerprint density at radius 3 is 2.07 bits per heavy atom. The number of nitrogens with zero attached hydrogens (tertiary/aromatic N) is 2. The molecule has 1 aromatic heterocycles. The van der Waals surface area contributed by atoms with Crippen LogP contribution in [0.1, 0.15) is 71.1 Å². The summed E-state index contributed by atoms with van der Waals surface area (Å²) in [6.07, 6.45) is 7.87. The number of hydrogen-bond donors (Lipinski definition) is 0. The third kappa shape index (κ3) is 4.73. The molecule has 1 saturated heterocycles. The zero-order chi connectivity index (χ0) is 20.4. The minimum absolute atomic E-state index is 0.0206. The van der Waals surface area contributed by atoms with Gasteiger partial charge in [0.05, 0.1) is 7.11 Å². The highest BCUT2D eigenvalue weighted by Gasteiger charge is 2.43. The summed E-state index contributed by atoms with van der Waals surface area (Å²) < 4.78 is 7.42. The summed E-state index contributed by atoms with van der Waals surface area (Å²) >= 11 is 0. The van der Waals surface area contributed by atoms with Gasteiger partial charge in [-0.05, 0) is 83.7 Å². The number of methoxy groups -OCH3 is 1. The molecular formula is C24H35N2O2+. The van der Waals surface area contributed by atoms with Gasteiger partial charge in [0.25, 0.3) is 0 Å². The van der Waals surface area contributed by atoms with Gasteiger partial charge in [0.2, 0.25) is 0 Å². The average molecular weight is 384 g/mol. The summed E-state index contributed by atoms with van der Waals surface area (Å²) in [5, 5.41) is 2.24. The number of hydroxylamine groups is 2. The third-order valence-electron chi connectivity index (χ3n) is 5.85. The first-order valence-electron chi connectivity index (χ1n) is 10.3. The highest BCUT2D eigenvalue weighted by molar-refractivity contribution is 5.26. The minimum Gasteiger partial charge on any atom is -0.497 e. The second-order valence-electron chi connectivity index (χ2n) is 9.17. The predicted octanol–water partition coefficient (Wildman–Crippen LogP) is 5.07. The number of piperidine rings is 1. The number of aromatic nitrogens is 1. The standard InChI is InChI=1S/C24H35N2O2/c1-19(28-26-23(2,3)14-7-15-24(26,4)5)21-12-16-25(17-13-21)18-20-8-10-22(27-6)11-9-20/h8-13,16-17,19H,7,14-15,18H2,1-6H3/q+1.